The van der Waals surface area contributed by atoms with Gasteiger partial charge in [-0.2, -0.15) is 0 Å². The van der Waals surface area contributed by atoms with Crippen molar-refractivity contribution in [2.24, 2.45) is 5.73 Å². The number of hydrogen-bond donors (Lipinski definition) is 2. The fourth-order valence-electron chi connectivity index (χ4n) is 2.41. The van der Waals surface area contributed by atoms with Crippen LogP contribution in [0, 0.1) is 5.82 Å². The van der Waals surface area contributed by atoms with Crippen molar-refractivity contribution in [3.63, 3.8) is 0 Å². The largest absolute Gasteiger partial charge is 0.348 e. The van der Waals surface area contributed by atoms with Crippen molar-refractivity contribution in [2.45, 2.75) is 44.2 Å². The summed E-state index contributed by atoms with van der Waals surface area (Å²) in [6.07, 6.45) is 3.51. The van der Waals surface area contributed by atoms with Gasteiger partial charge in [-0.1, -0.05) is 25.0 Å². The molecule has 0 aromatic heterocycles. The zero-order valence-corrected chi connectivity index (χ0v) is 10.6. The average molecular weight is 250 g/mol. The van der Waals surface area contributed by atoms with E-state index < -0.39 is 5.54 Å². The highest BCUT2D eigenvalue weighted by Gasteiger charge is 2.37. The number of amides is 1. The number of nitrogens with one attached hydrogen (secondary N) is 1. The Morgan fingerprint density at radius 3 is 2.44 bits per heavy atom. The first-order valence-corrected chi connectivity index (χ1v) is 6.36. The predicted molar refractivity (Wildman–Crippen MR) is 68.3 cm³/mol. The molecule has 1 aliphatic carbocycles. The van der Waals surface area contributed by atoms with Crippen LogP contribution in [0.2, 0.25) is 0 Å². The normalized spacial score (nSPS) is 19.5. The summed E-state index contributed by atoms with van der Waals surface area (Å²) in [5.41, 5.74) is 6.25. The highest BCUT2D eigenvalue weighted by Crippen LogP contribution is 2.28. The van der Waals surface area contributed by atoms with E-state index in [9.17, 15) is 9.18 Å². The Balaban J connectivity index is 2.00. The van der Waals surface area contributed by atoms with E-state index in [2.05, 4.69) is 5.32 Å². The third-order valence-electron chi connectivity index (χ3n) is 3.67. The Labute approximate surface area is 107 Å². The molecule has 1 atom stereocenters. The van der Waals surface area contributed by atoms with E-state index in [1.54, 1.807) is 12.1 Å². The molecule has 1 saturated carbocycles. The van der Waals surface area contributed by atoms with E-state index in [4.69, 9.17) is 5.73 Å². The SMILES string of the molecule is C[C@H](NC(=O)C1(N)CCCC1)c1ccc(F)cc1. The molecule has 1 aromatic carbocycles. The van der Waals surface area contributed by atoms with E-state index in [-0.39, 0.29) is 17.8 Å². The number of benzene rings is 1. The molecule has 0 radical (unpaired) electrons. The van der Waals surface area contributed by atoms with Crippen molar-refractivity contribution in [1.82, 2.24) is 5.32 Å². The van der Waals surface area contributed by atoms with Crippen molar-refractivity contribution in [1.29, 1.82) is 0 Å². The predicted octanol–water partition coefficient (Wildman–Crippen LogP) is 2.27. The number of nitrogens with two attached hydrogens (primary N) is 1. The minimum atomic E-state index is -0.714. The van der Waals surface area contributed by atoms with Crippen LogP contribution in [0.5, 0.6) is 0 Å². The van der Waals surface area contributed by atoms with Crippen LogP contribution < -0.4 is 11.1 Å². The van der Waals surface area contributed by atoms with Crippen LogP contribution in [0.1, 0.15) is 44.2 Å². The van der Waals surface area contributed by atoms with E-state index >= 15 is 0 Å². The van der Waals surface area contributed by atoms with Crippen LogP contribution in [0.3, 0.4) is 0 Å². The minimum absolute atomic E-state index is 0.100. The maximum absolute atomic E-state index is 12.8. The molecular formula is C14H19FN2O. The second kappa shape index (κ2) is 5.06. The summed E-state index contributed by atoms with van der Waals surface area (Å²) in [4.78, 5) is 12.1. The van der Waals surface area contributed by atoms with Crippen molar-refractivity contribution in [2.75, 3.05) is 0 Å². The summed E-state index contributed by atoms with van der Waals surface area (Å²) in [5.74, 6) is -0.375. The van der Waals surface area contributed by atoms with Gasteiger partial charge in [-0.15, -0.1) is 0 Å². The second-order valence-corrected chi connectivity index (χ2v) is 5.11. The average Bonchev–Trinajstić information content (AvgIpc) is 2.78. The van der Waals surface area contributed by atoms with Crippen LogP contribution in [0.25, 0.3) is 0 Å². The van der Waals surface area contributed by atoms with E-state index in [1.165, 1.54) is 12.1 Å². The first-order valence-electron chi connectivity index (χ1n) is 6.36. The van der Waals surface area contributed by atoms with Crippen molar-refractivity contribution in [3.05, 3.63) is 35.6 Å². The van der Waals surface area contributed by atoms with Gasteiger partial charge in [-0.05, 0) is 37.5 Å². The molecule has 1 aromatic rings. The molecule has 0 heterocycles. The molecule has 18 heavy (non-hydrogen) atoms. The standard InChI is InChI=1S/C14H19FN2O/c1-10(11-4-6-12(15)7-5-11)17-13(18)14(16)8-2-3-9-14/h4-7,10H,2-3,8-9,16H2,1H3,(H,17,18)/t10-/m0/s1. The monoisotopic (exact) mass is 250 g/mol. The molecule has 3 nitrogen and oxygen atoms in total. The number of carbonyl (C=O) groups is 1. The van der Waals surface area contributed by atoms with Crippen LogP contribution in [-0.4, -0.2) is 11.4 Å². The van der Waals surface area contributed by atoms with Gasteiger partial charge < -0.3 is 11.1 Å². The summed E-state index contributed by atoms with van der Waals surface area (Å²) >= 11 is 0. The molecule has 1 fully saturated rings. The minimum Gasteiger partial charge on any atom is -0.348 e. The summed E-state index contributed by atoms with van der Waals surface area (Å²) < 4.78 is 12.8. The Morgan fingerprint density at radius 1 is 1.33 bits per heavy atom. The Hall–Kier alpha value is -1.42. The quantitative estimate of drug-likeness (QED) is 0.864. The van der Waals surface area contributed by atoms with E-state index in [0.29, 0.717) is 0 Å². The first kappa shape index (κ1) is 13.0. The third-order valence-corrected chi connectivity index (χ3v) is 3.67. The molecule has 0 unspecified atom stereocenters. The molecule has 1 aliphatic rings. The molecule has 0 bridgehead atoms. The number of halogens is 1. The topological polar surface area (TPSA) is 55.1 Å². The van der Waals surface area contributed by atoms with Gasteiger partial charge in [0.25, 0.3) is 0 Å². The zero-order chi connectivity index (χ0) is 13.2. The Kier molecular flexibility index (Phi) is 3.66. The van der Waals surface area contributed by atoms with Crippen LogP contribution in [0.4, 0.5) is 4.39 Å². The van der Waals surface area contributed by atoms with Crippen LogP contribution >= 0.6 is 0 Å². The molecule has 4 heteroatoms. The van der Waals surface area contributed by atoms with Crippen LogP contribution in [-0.2, 0) is 4.79 Å². The van der Waals surface area contributed by atoms with Gasteiger partial charge in [-0.3, -0.25) is 4.79 Å². The lowest BCUT2D eigenvalue weighted by atomic mass is 9.97. The maximum Gasteiger partial charge on any atom is 0.240 e. The fraction of sp³-hybridized carbons (Fsp3) is 0.500. The second-order valence-electron chi connectivity index (χ2n) is 5.11. The highest BCUT2D eigenvalue weighted by molar-refractivity contribution is 5.86. The maximum atomic E-state index is 12.8. The van der Waals surface area contributed by atoms with Gasteiger partial charge in [0.05, 0.1) is 11.6 Å². The van der Waals surface area contributed by atoms with Gasteiger partial charge in [0.1, 0.15) is 5.82 Å². The smallest absolute Gasteiger partial charge is 0.240 e. The lowest BCUT2D eigenvalue weighted by Gasteiger charge is -2.25. The van der Waals surface area contributed by atoms with Gasteiger partial charge in [0.15, 0.2) is 0 Å². The molecule has 0 saturated heterocycles. The molecule has 0 spiro atoms. The molecule has 98 valence electrons. The molecule has 0 aliphatic heterocycles. The van der Waals surface area contributed by atoms with E-state index in [1.807, 2.05) is 6.92 Å². The van der Waals surface area contributed by atoms with Crippen molar-refractivity contribution >= 4 is 5.91 Å². The lowest BCUT2D eigenvalue weighted by Crippen LogP contribution is -2.52. The third kappa shape index (κ3) is 2.70. The summed E-state index contributed by atoms with van der Waals surface area (Å²) in [6.45, 7) is 1.88. The molecule has 3 N–H and O–H groups in total. The summed E-state index contributed by atoms with van der Waals surface area (Å²) in [5, 5.41) is 2.91. The van der Waals surface area contributed by atoms with Gasteiger partial charge >= 0.3 is 0 Å². The number of carbonyl (C=O) groups excluding carboxylic acids is 1. The highest BCUT2D eigenvalue weighted by atomic mass is 19.1. The number of hydrogen-bond acceptors (Lipinski definition) is 2. The summed E-state index contributed by atoms with van der Waals surface area (Å²) in [7, 11) is 0. The van der Waals surface area contributed by atoms with Gasteiger partial charge in [-0.25, -0.2) is 4.39 Å². The first-order chi connectivity index (χ1) is 8.51. The lowest BCUT2D eigenvalue weighted by molar-refractivity contribution is -0.126. The van der Waals surface area contributed by atoms with Crippen molar-refractivity contribution in [3.8, 4) is 0 Å². The molecular weight excluding hydrogens is 231 g/mol. The fourth-order valence-corrected chi connectivity index (χ4v) is 2.41. The Morgan fingerprint density at radius 2 is 1.89 bits per heavy atom. The Bertz CT molecular complexity index is 424. The summed E-state index contributed by atoms with van der Waals surface area (Å²) in [6, 6.07) is 5.99. The van der Waals surface area contributed by atoms with Gasteiger partial charge in [0, 0.05) is 0 Å². The van der Waals surface area contributed by atoms with Crippen molar-refractivity contribution < 1.29 is 9.18 Å². The molecule has 1 amide bonds. The number of rotatable bonds is 3. The molecule has 2 rings (SSSR count). The van der Waals surface area contributed by atoms with Crippen LogP contribution in [0.15, 0.2) is 24.3 Å². The van der Waals surface area contributed by atoms with Gasteiger partial charge in [0.2, 0.25) is 5.91 Å². The van der Waals surface area contributed by atoms with E-state index in [0.717, 1.165) is 31.2 Å². The zero-order valence-electron chi connectivity index (χ0n) is 10.6.